The molecule has 0 atom stereocenters. The molecule has 0 fully saturated rings. The maximum atomic E-state index is 12.4. The highest BCUT2D eigenvalue weighted by atomic mass is 16.2. The van der Waals surface area contributed by atoms with Crippen molar-refractivity contribution in [1.82, 2.24) is 0 Å². The van der Waals surface area contributed by atoms with E-state index >= 15 is 0 Å². The van der Waals surface area contributed by atoms with Crippen molar-refractivity contribution in [2.45, 2.75) is 46.5 Å². The molecule has 2 rings (SSSR count). The Bertz CT molecular complexity index is 751. The summed E-state index contributed by atoms with van der Waals surface area (Å²) in [6, 6.07) is 15.7. The molecule has 0 heterocycles. The van der Waals surface area contributed by atoms with E-state index in [1.807, 2.05) is 48.5 Å². The first-order chi connectivity index (χ1) is 12.4. The molecule has 0 aliphatic carbocycles. The fraction of sp³-hybridized carbons (Fsp3) is 0.364. The number of rotatable bonds is 7. The second-order valence-electron chi connectivity index (χ2n) is 6.73. The van der Waals surface area contributed by atoms with E-state index in [-0.39, 0.29) is 18.2 Å². The highest BCUT2D eigenvalue weighted by Gasteiger charge is 2.15. The minimum absolute atomic E-state index is 0.0652. The first-order valence-corrected chi connectivity index (χ1v) is 9.18. The molecular weight excluding hydrogens is 324 g/mol. The number of carbonyl (C=O) groups excluding carboxylic acids is 2. The van der Waals surface area contributed by atoms with Gasteiger partial charge in [-0.2, -0.15) is 0 Å². The van der Waals surface area contributed by atoms with Crippen LogP contribution < -0.4 is 10.2 Å². The van der Waals surface area contributed by atoms with Gasteiger partial charge in [-0.05, 0) is 41.7 Å². The van der Waals surface area contributed by atoms with Crippen molar-refractivity contribution in [3.05, 3.63) is 59.7 Å². The van der Waals surface area contributed by atoms with E-state index in [0.717, 1.165) is 23.4 Å². The number of aryl methyl sites for hydroxylation is 1. The van der Waals surface area contributed by atoms with Crippen molar-refractivity contribution in [1.29, 1.82) is 0 Å². The van der Waals surface area contributed by atoms with Gasteiger partial charge in [0.05, 0.1) is 0 Å². The van der Waals surface area contributed by atoms with Crippen molar-refractivity contribution in [2.24, 2.45) is 0 Å². The lowest BCUT2D eigenvalue weighted by molar-refractivity contribution is -0.117. The van der Waals surface area contributed by atoms with Gasteiger partial charge in [0.15, 0.2) is 0 Å². The molecule has 4 nitrogen and oxygen atoms in total. The van der Waals surface area contributed by atoms with Crippen molar-refractivity contribution in [3.8, 4) is 0 Å². The summed E-state index contributed by atoms with van der Waals surface area (Å²) in [6.07, 6.45) is 1.21. The molecule has 0 spiro atoms. The van der Waals surface area contributed by atoms with Gasteiger partial charge < -0.3 is 10.2 Å². The van der Waals surface area contributed by atoms with Crippen LogP contribution in [0.5, 0.6) is 0 Å². The first kappa shape index (κ1) is 19.7. The zero-order chi connectivity index (χ0) is 19.1. The van der Waals surface area contributed by atoms with Gasteiger partial charge in [-0.25, -0.2) is 0 Å². The quantitative estimate of drug-likeness (QED) is 0.781. The minimum Gasteiger partial charge on any atom is -0.326 e. The van der Waals surface area contributed by atoms with E-state index < -0.39 is 0 Å². The molecule has 4 heteroatoms. The van der Waals surface area contributed by atoms with Crippen LogP contribution in [0.2, 0.25) is 0 Å². The Morgan fingerprint density at radius 3 is 2.27 bits per heavy atom. The van der Waals surface area contributed by atoms with Crippen molar-refractivity contribution in [3.63, 3.8) is 0 Å². The number of nitrogens with one attached hydrogen (secondary N) is 1. The number of nitrogens with zero attached hydrogens (tertiary/aromatic N) is 1. The molecule has 0 aliphatic rings. The largest absolute Gasteiger partial charge is 0.326 e. The van der Waals surface area contributed by atoms with E-state index in [4.69, 9.17) is 0 Å². The Kier molecular flexibility index (Phi) is 6.96. The fourth-order valence-corrected chi connectivity index (χ4v) is 2.92. The van der Waals surface area contributed by atoms with E-state index in [0.29, 0.717) is 12.5 Å². The first-order valence-electron chi connectivity index (χ1n) is 9.18. The third-order valence-electron chi connectivity index (χ3n) is 4.46. The van der Waals surface area contributed by atoms with Crippen LogP contribution in [0.25, 0.3) is 0 Å². The van der Waals surface area contributed by atoms with Crippen molar-refractivity contribution in [2.75, 3.05) is 16.8 Å². The molecule has 26 heavy (non-hydrogen) atoms. The average molecular weight is 352 g/mol. The topological polar surface area (TPSA) is 49.4 Å². The zero-order valence-corrected chi connectivity index (χ0v) is 16.1. The molecule has 0 unspecified atom stereocenters. The van der Waals surface area contributed by atoms with Crippen LogP contribution in [0.4, 0.5) is 11.4 Å². The maximum Gasteiger partial charge on any atom is 0.226 e. The molecule has 0 aliphatic heterocycles. The lowest BCUT2D eigenvalue weighted by atomic mass is 10.0. The molecule has 0 saturated heterocycles. The zero-order valence-electron chi connectivity index (χ0n) is 16.1. The molecule has 2 aromatic carbocycles. The Morgan fingerprint density at radius 2 is 1.69 bits per heavy atom. The third-order valence-corrected chi connectivity index (χ3v) is 4.46. The third kappa shape index (κ3) is 5.19. The number of anilines is 2. The lowest BCUT2D eigenvalue weighted by Gasteiger charge is -2.21. The summed E-state index contributed by atoms with van der Waals surface area (Å²) in [5.74, 6) is 0.177. The van der Waals surface area contributed by atoms with E-state index in [2.05, 4.69) is 26.1 Å². The monoisotopic (exact) mass is 352 g/mol. The van der Waals surface area contributed by atoms with Gasteiger partial charge in [0, 0.05) is 31.3 Å². The molecule has 0 bridgehead atoms. The number of carbonyl (C=O) groups is 2. The van der Waals surface area contributed by atoms with E-state index in [1.54, 1.807) is 4.90 Å². The summed E-state index contributed by atoms with van der Waals surface area (Å²) in [6.45, 7) is 8.18. The maximum absolute atomic E-state index is 12.4. The summed E-state index contributed by atoms with van der Waals surface area (Å²) in [4.78, 5) is 26.1. The van der Waals surface area contributed by atoms with Gasteiger partial charge in [-0.15, -0.1) is 0 Å². The molecule has 0 saturated carbocycles. The summed E-state index contributed by atoms with van der Waals surface area (Å²) in [7, 11) is 0. The SMILES string of the molecule is CCc1ccc(N(CCC(=O)Nc2ccccc2C(C)C)C(C)=O)cc1. The second-order valence-corrected chi connectivity index (χ2v) is 6.73. The summed E-state index contributed by atoms with van der Waals surface area (Å²) in [5.41, 5.74) is 4.00. The predicted molar refractivity (Wildman–Crippen MR) is 108 cm³/mol. The lowest BCUT2D eigenvalue weighted by Crippen LogP contribution is -2.32. The summed E-state index contributed by atoms with van der Waals surface area (Å²) >= 11 is 0. The van der Waals surface area contributed by atoms with Crippen LogP contribution in [0.3, 0.4) is 0 Å². The smallest absolute Gasteiger partial charge is 0.226 e. The van der Waals surface area contributed by atoms with Gasteiger partial charge >= 0.3 is 0 Å². The number of hydrogen-bond acceptors (Lipinski definition) is 2. The molecule has 0 aromatic heterocycles. The molecule has 0 radical (unpaired) electrons. The second kappa shape index (κ2) is 9.18. The van der Waals surface area contributed by atoms with Gasteiger partial charge in [0.25, 0.3) is 0 Å². The normalized spacial score (nSPS) is 10.7. The standard InChI is InChI=1S/C22H28N2O2/c1-5-18-10-12-19(13-11-18)24(17(4)25)15-14-22(26)23-21-9-7-6-8-20(21)16(2)3/h6-13,16H,5,14-15H2,1-4H3,(H,23,26). The number of amides is 2. The van der Waals surface area contributed by atoms with Gasteiger partial charge in [-0.1, -0.05) is 51.1 Å². The highest BCUT2D eigenvalue weighted by Crippen LogP contribution is 2.24. The van der Waals surface area contributed by atoms with Crippen LogP contribution in [0.15, 0.2) is 48.5 Å². The molecule has 2 amide bonds. The van der Waals surface area contributed by atoms with Crippen LogP contribution >= 0.6 is 0 Å². The Labute approximate surface area is 156 Å². The van der Waals surface area contributed by atoms with Crippen LogP contribution in [-0.2, 0) is 16.0 Å². The average Bonchev–Trinajstić information content (AvgIpc) is 2.62. The van der Waals surface area contributed by atoms with Crippen molar-refractivity contribution >= 4 is 23.2 Å². The predicted octanol–water partition coefficient (Wildman–Crippen LogP) is 4.75. The molecule has 2 aromatic rings. The Hall–Kier alpha value is -2.62. The van der Waals surface area contributed by atoms with Gasteiger partial charge in [0.2, 0.25) is 11.8 Å². The van der Waals surface area contributed by atoms with Crippen molar-refractivity contribution < 1.29 is 9.59 Å². The number of para-hydroxylation sites is 1. The number of benzene rings is 2. The molecular formula is C22H28N2O2. The Balaban J connectivity index is 2.02. The van der Waals surface area contributed by atoms with E-state index in [1.165, 1.54) is 12.5 Å². The minimum atomic E-state index is -0.0884. The van der Waals surface area contributed by atoms with Gasteiger partial charge in [0.1, 0.15) is 0 Å². The summed E-state index contributed by atoms with van der Waals surface area (Å²) < 4.78 is 0. The highest BCUT2D eigenvalue weighted by molar-refractivity contribution is 5.95. The fourth-order valence-electron chi connectivity index (χ4n) is 2.92. The summed E-state index contributed by atoms with van der Waals surface area (Å²) in [5, 5.41) is 2.98. The molecule has 138 valence electrons. The molecule has 1 N–H and O–H groups in total. The Morgan fingerprint density at radius 1 is 1.04 bits per heavy atom. The van der Waals surface area contributed by atoms with Crippen LogP contribution in [-0.4, -0.2) is 18.4 Å². The van der Waals surface area contributed by atoms with E-state index in [9.17, 15) is 9.59 Å². The van der Waals surface area contributed by atoms with Gasteiger partial charge in [-0.3, -0.25) is 9.59 Å². The van der Waals surface area contributed by atoms with Crippen LogP contribution in [0.1, 0.15) is 51.2 Å². The van der Waals surface area contributed by atoms with Crippen LogP contribution in [0, 0.1) is 0 Å². The number of hydrogen-bond donors (Lipinski definition) is 1.